The molecule has 10 heteroatoms. The zero-order chi connectivity index (χ0) is 23.9. The number of thioether (sulfide) groups is 1. The van der Waals surface area contributed by atoms with E-state index in [-0.39, 0.29) is 34.8 Å². The van der Waals surface area contributed by atoms with Crippen molar-refractivity contribution in [2.45, 2.75) is 50.4 Å². The molecule has 0 spiro atoms. The minimum absolute atomic E-state index is 0.0287. The number of aromatic nitrogens is 2. The van der Waals surface area contributed by atoms with E-state index < -0.39 is 9.84 Å². The molecule has 5 rings (SSSR count). The van der Waals surface area contributed by atoms with Crippen molar-refractivity contribution in [2.75, 3.05) is 23.8 Å². The Kier molecular flexibility index (Phi) is 6.56. The molecule has 1 aromatic carbocycles. The molecule has 1 atom stereocenters. The van der Waals surface area contributed by atoms with Crippen LogP contribution in [0.3, 0.4) is 0 Å². The minimum Gasteiger partial charge on any atom is -0.338 e. The molecule has 180 valence electrons. The maximum absolute atomic E-state index is 13.6. The molecular formula is C24H27N3O4S3. The van der Waals surface area contributed by atoms with Crippen molar-refractivity contribution in [2.24, 2.45) is 0 Å². The summed E-state index contributed by atoms with van der Waals surface area (Å²) in [6, 6.07) is 9.52. The van der Waals surface area contributed by atoms with E-state index in [0.29, 0.717) is 24.7 Å². The van der Waals surface area contributed by atoms with Crippen LogP contribution in [0.15, 0.2) is 40.3 Å². The van der Waals surface area contributed by atoms with Crippen molar-refractivity contribution >= 4 is 49.1 Å². The second-order valence-corrected chi connectivity index (χ2v) is 13.1. The first-order chi connectivity index (χ1) is 16.4. The summed E-state index contributed by atoms with van der Waals surface area (Å²) in [5.74, 6) is 0.152. The number of benzene rings is 1. The molecule has 34 heavy (non-hydrogen) atoms. The van der Waals surface area contributed by atoms with Gasteiger partial charge in [0, 0.05) is 17.5 Å². The molecule has 0 bridgehead atoms. The van der Waals surface area contributed by atoms with Gasteiger partial charge in [-0.15, -0.1) is 11.3 Å². The van der Waals surface area contributed by atoms with Crippen molar-refractivity contribution in [3.63, 3.8) is 0 Å². The molecule has 1 aliphatic heterocycles. The van der Waals surface area contributed by atoms with Gasteiger partial charge < -0.3 is 4.90 Å². The van der Waals surface area contributed by atoms with Crippen molar-refractivity contribution in [1.82, 2.24) is 14.5 Å². The summed E-state index contributed by atoms with van der Waals surface area (Å²) in [6.07, 6.45) is 3.46. The lowest BCUT2D eigenvalue weighted by atomic mass is 10.2. The van der Waals surface area contributed by atoms with Gasteiger partial charge in [0.15, 0.2) is 15.0 Å². The monoisotopic (exact) mass is 517 g/mol. The van der Waals surface area contributed by atoms with E-state index in [4.69, 9.17) is 4.98 Å². The molecule has 1 saturated heterocycles. The van der Waals surface area contributed by atoms with E-state index in [1.807, 2.05) is 37.3 Å². The summed E-state index contributed by atoms with van der Waals surface area (Å²) < 4.78 is 25.5. The first-order valence-corrected chi connectivity index (χ1v) is 15.2. The Labute approximate surface area is 207 Å². The highest BCUT2D eigenvalue weighted by atomic mass is 32.2. The van der Waals surface area contributed by atoms with Crippen LogP contribution in [0.1, 0.15) is 35.8 Å². The van der Waals surface area contributed by atoms with E-state index in [2.05, 4.69) is 0 Å². The zero-order valence-corrected chi connectivity index (χ0v) is 21.5. The Morgan fingerprint density at radius 1 is 1.26 bits per heavy atom. The van der Waals surface area contributed by atoms with Crippen molar-refractivity contribution in [3.8, 4) is 0 Å². The van der Waals surface area contributed by atoms with Gasteiger partial charge in [-0.2, -0.15) is 0 Å². The zero-order valence-electron chi connectivity index (χ0n) is 19.0. The molecule has 1 amide bonds. The van der Waals surface area contributed by atoms with E-state index in [1.165, 1.54) is 16.6 Å². The molecule has 2 aliphatic rings. The van der Waals surface area contributed by atoms with Crippen molar-refractivity contribution in [1.29, 1.82) is 0 Å². The average molecular weight is 518 g/mol. The Balaban J connectivity index is 1.45. The van der Waals surface area contributed by atoms with Crippen LogP contribution in [-0.4, -0.2) is 58.6 Å². The number of nitrogens with zero attached hydrogens (tertiary/aromatic N) is 3. The van der Waals surface area contributed by atoms with E-state index in [9.17, 15) is 18.0 Å². The summed E-state index contributed by atoms with van der Waals surface area (Å²) in [6.45, 7) is 2.72. The number of amides is 1. The lowest BCUT2D eigenvalue weighted by Crippen LogP contribution is -2.42. The van der Waals surface area contributed by atoms with Crippen molar-refractivity contribution in [3.05, 3.63) is 56.7 Å². The summed E-state index contributed by atoms with van der Waals surface area (Å²) in [4.78, 5) is 35.2. The number of fused-ring (bicyclic) bond motifs is 3. The van der Waals surface area contributed by atoms with Crippen LogP contribution in [0.4, 0.5) is 0 Å². The van der Waals surface area contributed by atoms with Gasteiger partial charge in [-0.3, -0.25) is 14.2 Å². The molecule has 1 fully saturated rings. The number of carbonyl (C=O) groups excluding carboxylic acids is 1. The van der Waals surface area contributed by atoms with Crippen LogP contribution in [0.2, 0.25) is 0 Å². The van der Waals surface area contributed by atoms with E-state index >= 15 is 0 Å². The van der Waals surface area contributed by atoms with Gasteiger partial charge in [-0.05, 0) is 43.7 Å². The molecule has 0 saturated carbocycles. The number of aryl methyl sites for hydroxylation is 2. The number of carbonyl (C=O) groups is 1. The molecular weight excluding hydrogens is 490 g/mol. The normalized spacial score (nSPS) is 18.9. The van der Waals surface area contributed by atoms with Gasteiger partial charge in [0.1, 0.15) is 4.83 Å². The Morgan fingerprint density at radius 2 is 2.06 bits per heavy atom. The second kappa shape index (κ2) is 9.47. The molecule has 2 aromatic heterocycles. The second-order valence-electron chi connectivity index (χ2n) is 8.83. The van der Waals surface area contributed by atoms with Crippen LogP contribution in [-0.2, 0) is 34.0 Å². The fraction of sp³-hybridized carbons (Fsp3) is 0.458. The number of thiophene rings is 1. The fourth-order valence-corrected chi connectivity index (χ4v) is 8.86. The van der Waals surface area contributed by atoms with Crippen LogP contribution >= 0.6 is 23.1 Å². The predicted molar refractivity (Wildman–Crippen MR) is 137 cm³/mol. The Morgan fingerprint density at radius 3 is 2.76 bits per heavy atom. The summed E-state index contributed by atoms with van der Waals surface area (Å²) in [5, 5.41) is 1.26. The number of hydrogen-bond acceptors (Lipinski definition) is 7. The SMILES string of the molecule is CCN(C(=O)CSc1nc2sc3c(c2c(=O)n1Cc1ccccc1)CCC3)[C@@H]1CCS(=O)(=O)C1. The smallest absolute Gasteiger partial charge is 0.263 e. The summed E-state index contributed by atoms with van der Waals surface area (Å²) in [7, 11) is -3.08. The quantitative estimate of drug-likeness (QED) is 0.353. The van der Waals surface area contributed by atoms with E-state index in [0.717, 1.165) is 40.6 Å². The number of hydrogen-bond donors (Lipinski definition) is 0. The van der Waals surface area contributed by atoms with Gasteiger partial charge >= 0.3 is 0 Å². The lowest BCUT2D eigenvalue weighted by Gasteiger charge is -2.26. The summed E-state index contributed by atoms with van der Waals surface area (Å²) >= 11 is 2.86. The maximum Gasteiger partial charge on any atom is 0.263 e. The third-order valence-electron chi connectivity index (χ3n) is 6.61. The maximum atomic E-state index is 13.6. The highest BCUT2D eigenvalue weighted by Crippen LogP contribution is 2.35. The molecule has 0 N–H and O–H groups in total. The lowest BCUT2D eigenvalue weighted by molar-refractivity contribution is -0.129. The number of rotatable bonds is 7. The van der Waals surface area contributed by atoms with Crippen molar-refractivity contribution < 1.29 is 13.2 Å². The minimum atomic E-state index is -3.08. The third kappa shape index (κ3) is 4.55. The topological polar surface area (TPSA) is 89.3 Å². The highest BCUT2D eigenvalue weighted by Gasteiger charge is 2.34. The largest absolute Gasteiger partial charge is 0.338 e. The third-order valence-corrected chi connectivity index (χ3v) is 10.5. The van der Waals surface area contributed by atoms with Gasteiger partial charge in [-0.25, -0.2) is 13.4 Å². The van der Waals surface area contributed by atoms with Gasteiger partial charge in [0.2, 0.25) is 5.91 Å². The first kappa shape index (κ1) is 23.6. The Bertz CT molecular complexity index is 1400. The van der Waals surface area contributed by atoms with Gasteiger partial charge in [0.05, 0.1) is 29.2 Å². The summed E-state index contributed by atoms with van der Waals surface area (Å²) in [5.41, 5.74) is 2.10. The van der Waals surface area contributed by atoms with Crippen LogP contribution in [0.25, 0.3) is 10.2 Å². The molecule has 7 nitrogen and oxygen atoms in total. The van der Waals surface area contributed by atoms with Gasteiger partial charge in [-0.1, -0.05) is 42.1 Å². The van der Waals surface area contributed by atoms with Crippen LogP contribution in [0, 0.1) is 0 Å². The fourth-order valence-electron chi connectivity index (χ4n) is 4.94. The predicted octanol–water partition coefficient (Wildman–Crippen LogP) is 3.12. The first-order valence-electron chi connectivity index (χ1n) is 11.6. The van der Waals surface area contributed by atoms with Crippen LogP contribution in [0.5, 0.6) is 0 Å². The average Bonchev–Trinajstić information content (AvgIpc) is 3.50. The molecule has 3 heterocycles. The standard InChI is InChI=1S/C24H27N3O4S3/c1-2-26(17-11-12-34(30,31)15-17)20(28)14-32-24-25-22-21(18-9-6-10-19(18)33-22)23(29)27(24)13-16-7-4-3-5-8-16/h3-5,7-8,17H,2,6,9-15H2,1H3/t17-/m1/s1. The molecule has 0 radical (unpaired) electrons. The number of sulfone groups is 1. The molecule has 3 aromatic rings. The Hall–Kier alpha value is -2.17. The molecule has 1 aliphatic carbocycles. The van der Waals surface area contributed by atoms with Crippen LogP contribution < -0.4 is 5.56 Å². The molecule has 0 unspecified atom stereocenters. The van der Waals surface area contributed by atoms with Gasteiger partial charge in [0.25, 0.3) is 5.56 Å². The highest BCUT2D eigenvalue weighted by molar-refractivity contribution is 7.99. The van der Waals surface area contributed by atoms with E-state index in [1.54, 1.807) is 20.8 Å².